The average Bonchev–Trinajstić information content (AvgIpc) is 2.25. The van der Waals surface area contributed by atoms with E-state index in [1.54, 1.807) is 0 Å². The molecule has 1 rings (SSSR count). The Kier molecular flexibility index (Phi) is 4.16. The third kappa shape index (κ3) is 2.34. The van der Waals surface area contributed by atoms with Crippen molar-refractivity contribution in [2.24, 2.45) is 11.8 Å². The maximum absolute atomic E-state index is 9.49. The summed E-state index contributed by atoms with van der Waals surface area (Å²) in [6, 6.07) is 2.60. The minimum atomic E-state index is -0.171. The van der Waals surface area contributed by atoms with Gasteiger partial charge in [0.15, 0.2) is 0 Å². The summed E-state index contributed by atoms with van der Waals surface area (Å²) in [5, 5.41) is 9.49. The Morgan fingerprint density at radius 1 is 1.27 bits per heavy atom. The van der Waals surface area contributed by atoms with Gasteiger partial charge < -0.3 is 0 Å². The Bertz CT molecular complexity index is 239. The average molecular weight is 208 g/mol. The second kappa shape index (κ2) is 4.99. The Labute approximate surface area is 94.3 Å². The van der Waals surface area contributed by atoms with Crippen LogP contribution in [0.15, 0.2) is 0 Å². The van der Waals surface area contributed by atoms with Crippen LogP contribution in [0.25, 0.3) is 0 Å². The van der Waals surface area contributed by atoms with Gasteiger partial charge in [0.2, 0.25) is 0 Å². The van der Waals surface area contributed by atoms with Crippen LogP contribution in [0.2, 0.25) is 0 Å². The zero-order valence-electron chi connectivity index (χ0n) is 10.6. The van der Waals surface area contributed by atoms with Crippen molar-refractivity contribution in [3.05, 3.63) is 0 Å². The molecule has 1 fully saturated rings. The maximum atomic E-state index is 9.49. The molecule has 1 aliphatic rings. The van der Waals surface area contributed by atoms with Crippen LogP contribution in [0.4, 0.5) is 0 Å². The van der Waals surface area contributed by atoms with Crippen molar-refractivity contribution >= 4 is 0 Å². The van der Waals surface area contributed by atoms with Gasteiger partial charge in [0.1, 0.15) is 5.54 Å². The van der Waals surface area contributed by atoms with E-state index in [1.165, 1.54) is 6.42 Å². The van der Waals surface area contributed by atoms with Crippen molar-refractivity contribution in [2.75, 3.05) is 13.1 Å². The Balaban J connectivity index is 2.82. The van der Waals surface area contributed by atoms with E-state index in [-0.39, 0.29) is 5.54 Å². The van der Waals surface area contributed by atoms with E-state index < -0.39 is 0 Å². The van der Waals surface area contributed by atoms with Gasteiger partial charge in [0.05, 0.1) is 6.07 Å². The van der Waals surface area contributed by atoms with Crippen molar-refractivity contribution in [2.45, 2.75) is 52.5 Å². The molecular weight excluding hydrogens is 184 g/mol. The van der Waals surface area contributed by atoms with E-state index in [2.05, 4.69) is 38.7 Å². The lowest BCUT2D eigenvalue weighted by Crippen LogP contribution is -2.51. The Morgan fingerprint density at radius 2 is 1.87 bits per heavy atom. The molecule has 86 valence electrons. The summed E-state index contributed by atoms with van der Waals surface area (Å²) in [7, 11) is 0. The number of nitrogens with zero attached hydrogens (tertiary/aromatic N) is 2. The third-order valence-electron chi connectivity index (χ3n) is 4.22. The molecule has 3 atom stereocenters. The van der Waals surface area contributed by atoms with Gasteiger partial charge in [0.25, 0.3) is 0 Å². The highest BCUT2D eigenvalue weighted by Crippen LogP contribution is 2.39. The first kappa shape index (κ1) is 12.5. The fourth-order valence-corrected chi connectivity index (χ4v) is 2.88. The topological polar surface area (TPSA) is 27.0 Å². The van der Waals surface area contributed by atoms with E-state index in [0.29, 0.717) is 5.92 Å². The largest absolute Gasteiger partial charge is 0.286 e. The number of rotatable bonds is 3. The second-order valence-electron chi connectivity index (χ2n) is 5.01. The molecule has 0 radical (unpaired) electrons. The zero-order chi connectivity index (χ0) is 11.5. The van der Waals surface area contributed by atoms with Gasteiger partial charge >= 0.3 is 0 Å². The first-order valence-electron chi connectivity index (χ1n) is 6.26. The highest BCUT2D eigenvalue weighted by molar-refractivity contribution is 5.11. The molecule has 3 unspecified atom stereocenters. The third-order valence-corrected chi connectivity index (χ3v) is 4.22. The quantitative estimate of drug-likeness (QED) is 0.713. The van der Waals surface area contributed by atoms with Gasteiger partial charge in [-0.15, -0.1) is 0 Å². The summed E-state index contributed by atoms with van der Waals surface area (Å²) >= 11 is 0. The molecule has 0 aromatic rings. The molecule has 0 heterocycles. The molecule has 1 aliphatic carbocycles. The van der Waals surface area contributed by atoms with Crippen LogP contribution in [0.3, 0.4) is 0 Å². The molecule has 0 aliphatic heterocycles. The predicted octanol–water partition coefficient (Wildman–Crippen LogP) is 3.05. The van der Waals surface area contributed by atoms with Gasteiger partial charge in [-0.1, -0.05) is 27.7 Å². The van der Waals surface area contributed by atoms with E-state index in [4.69, 9.17) is 0 Å². The van der Waals surface area contributed by atoms with Crippen molar-refractivity contribution in [1.29, 1.82) is 5.26 Å². The number of hydrogen-bond acceptors (Lipinski definition) is 2. The molecule has 0 spiro atoms. The predicted molar refractivity (Wildman–Crippen MR) is 63.4 cm³/mol. The normalized spacial score (nSPS) is 36.5. The lowest BCUT2D eigenvalue weighted by Gasteiger charge is -2.44. The first-order valence-corrected chi connectivity index (χ1v) is 6.26. The molecule has 2 heteroatoms. The van der Waals surface area contributed by atoms with Crippen molar-refractivity contribution in [3.63, 3.8) is 0 Å². The van der Waals surface area contributed by atoms with Crippen molar-refractivity contribution < 1.29 is 0 Å². The highest BCUT2D eigenvalue weighted by atomic mass is 15.2. The summed E-state index contributed by atoms with van der Waals surface area (Å²) in [4.78, 5) is 2.34. The number of hydrogen-bond donors (Lipinski definition) is 0. The van der Waals surface area contributed by atoms with Gasteiger partial charge in [-0.25, -0.2) is 0 Å². The summed E-state index contributed by atoms with van der Waals surface area (Å²) in [5.41, 5.74) is -0.171. The van der Waals surface area contributed by atoms with E-state index >= 15 is 0 Å². The molecule has 0 aromatic heterocycles. The molecule has 0 N–H and O–H groups in total. The van der Waals surface area contributed by atoms with Gasteiger partial charge in [-0.3, -0.25) is 4.90 Å². The molecular formula is C13H24N2. The summed E-state index contributed by atoms with van der Waals surface area (Å²) in [5.74, 6) is 1.46. The van der Waals surface area contributed by atoms with Gasteiger partial charge in [0, 0.05) is 0 Å². The van der Waals surface area contributed by atoms with Crippen molar-refractivity contribution in [3.8, 4) is 6.07 Å². The van der Waals surface area contributed by atoms with E-state index in [1.807, 2.05) is 0 Å². The van der Waals surface area contributed by atoms with Crippen LogP contribution in [0.5, 0.6) is 0 Å². The lowest BCUT2D eigenvalue weighted by atomic mass is 9.71. The standard InChI is InChI=1S/C13H24N2/c1-5-15(6-2)13(10-14)8-7-11(3)12(4)9-13/h11-12H,5-9H2,1-4H3. The monoisotopic (exact) mass is 208 g/mol. The first-order chi connectivity index (χ1) is 7.09. The number of nitriles is 1. The molecule has 15 heavy (non-hydrogen) atoms. The maximum Gasteiger partial charge on any atom is 0.109 e. The SMILES string of the molecule is CCN(CC)C1(C#N)CCC(C)C(C)C1. The molecule has 1 saturated carbocycles. The molecule has 0 bridgehead atoms. The Hall–Kier alpha value is -0.550. The minimum Gasteiger partial charge on any atom is -0.286 e. The van der Waals surface area contributed by atoms with Crippen LogP contribution in [0, 0.1) is 23.2 Å². The van der Waals surface area contributed by atoms with E-state index in [9.17, 15) is 5.26 Å². The molecule has 2 nitrogen and oxygen atoms in total. The summed E-state index contributed by atoms with van der Waals surface area (Å²) in [6.45, 7) is 10.9. The van der Waals surface area contributed by atoms with Crippen LogP contribution in [0.1, 0.15) is 47.0 Å². The van der Waals surface area contributed by atoms with Gasteiger partial charge in [-0.05, 0) is 44.2 Å². The van der Waals surface area contributed by atoms with Crippen LogP contribution >= 0.6 is 0 Å². The fourth-order valence-electron chi connectivity index (χ4n) is 2.88. The lowest BCUT2D eigenvalue weighted by molar-refractivity contribution is 0.0654. The van der Waals surface area contributed by atoms with Gasteiger partial charge in [-0.2, -0.15) is 5.26 Å². The fraction of sp³-hybridized carbons (Fsp3) is 0.923. The van der Waals surface area contributed by atoms with Crippen LogP contribution < -0.4 is 0 Å². The smallest absolute Gasteiger partial charge is 0.109 e. The van der Waals surface area contributed by atoms with Crippen LogP contribution in [-0.4, -0.2) is 23.5 Å². The van der Waals surface area contributed by atoms with Crippen molar-refractivity contribution in [1.82, 2.24) is 4.90 Å². The van der Waals surface area contributed by atoms with E-state index in [0.717, 1.165) is 31.8 Å². The van der Waals surface area contributed by atoms with Crippen LogP contribution in [-0.2, 0) is 0 Å². The zero-order valence-corrected chi connectivity index (χ0v) is 10.6. The Morgan fingerprint density at radius 3 is 2.27 bits per heavy atom. The molecule has 0 aromatic carbocycles. The highest BCUT2D eigenvalue weighted by Gasteiger charge is 2.41. The summed E-state index contributed by atoms with van der Waals surface area (Å²) in [6.07, 6.45) is 3.30. The molecule has 0 amide bonds. The molecule has 0 saturated heterocycles. The minimum absolute atomic E-state index is 0.171. The summed E-state index contributed by atoms with van der Waals surface area (Å²) < 4.78 is 0. The second-order valence-corrected chi connectivity index (χ2v) is 5.01.